The maximum atomic E-state index is 12.9. The lowest BCUT2D eigenvalue weighted by Gasteiger charge is -2.18. The molecule has 1 aliphatic rings. The predicted molar refractivity (Wildman–Crippen MR) is 112 cm³/mol. The van der Waals surface area contributed by atoms with Gasteiger partial charge in [0.15, 0.2) is 5.65 Å². The summed E-state index contributed by atoms with van der Waals surface area (Å²) in [6.07, 6.45) is 1.51. The van der Waals surface area contributed by atoms with Crippen LogP contribution >= 0.6 is 0 Å². The Labute approximate surface area is 173 Å². The van der Waals surface area contributed by atoms with Crippen LogP contribution in [-0.2, 0) is 24.7 Å². The maximum Gasteiger partial charge on any atom is 0.269 e. The van der Waals surface area contributed by atoms with Gasteiger partial charge in [-0.25, -0.2) is 9.67 Å². The van der Waals surface area contributed by atoms with E-state index >= 15 is 0 Å². The van der Waals surface area contributed by atoms with Crippen LogP contribution in [0.3, 0.4) is 0 Å². The molecular formula is C21H23N5O4. The Morgan fingerprint density at radius 1 is 1.33 bits per heavy atom. The molecule has 0 atom stereocenters. The third-order valence-corrected chi connectivity index (χ3v) is 5.78. The van der Waals surface area contributed by atoms with Crippen molar-refractivity contribution >= 4 is 28.3 Å². The number of hydrogen-bond acceptors (Lipinski definition) is 6. The monoisotopic (exact) mass is 409 g/mol. The number of methoxy groups -OCH3 is 1. The number of anilines is 1. The lowest BCUT2D eigenvalue weighted by Crippen LogP contribution is -2.29. The van der Waals surface area contributed by atoms with E-state index in [1.165, 1.54) is 6.07 Å². The molecule has 0 saturated heterocycles. The number of pyridine rings is 1. The summed E-state index contributed by atoms with van der Waals surface area (Å²) in [5.74, 6) is 0.528. The quantitative estimate of drug-likeness (QED) is 0.474. The molecule has 0 saturated carbocycles. The van der Waals surface area contributed by atoms with Gasteiger partial charge in [0.05, 0.1) is 17.4 Å². The molecule has 0 spiro atoms. The molecule has 9 nitrogen and oxygen atoms in total. The standard InChI is InChI=1S/C21H23N5O4/c1-12-16(13(2)22-20-19(12)21(30-4)23-24(20)3)6-8-18(27)25-10-9-14-11-15(26(28)29)5-7-17(14)25/h5,7,11H,6,8-10H2,1-4H3. The van der Waals surface area contributed by atoms with Crippen LogP contribution in [0.2, 0.25) is 0 Å². The highest BCUT2D eigenvalue weighted by Gasteiger charge is 2.27. The van der Waals surface area contributed by atoms with E-state index in [4.69, 9.17) is 4.74 Å². The number of fused-ring (bicyclic) bond motifs is 2. The van der Waals surface area contributed by atoms with Crippen LogP contribution < -0.4 is 9.64 Å². The first-order chi connectivity index (χ1) is 14.3. The second-order valence-corrected chi connectivity index (χ2v) is 7.50. The third kappa shape index (κ3) is 3.16. The van der Waals surface area contributed by atoms with Crippen molar-refractivity contribution in [3.63, 3.8) is 0 Å². The number of aryl methyl sites for hydroxylation is 3. The third-order valence-electron chi connectivity index (χ3n) is 5.78. The molecular weight excluding hydrogens is 386 g/mol. The van der Waals surface area contributed by atoms with Crippen molar-refractivity contribution in [3.8, 4) is 5.88 Å². The van der Waals surface area contributed by atoms with Crippen molar-refractivity contribution < 1.29 is 14.5 Å². The number of rotatable bonds is 5. The van der Waals surface area contributed by atoms with Crippen molar-refractivity contribution in [2.24, 2.45) is 7.05 Å². The van der Waals surface area contributed by atoms with Gasteiger partial charge in [-0.2, -0.15) is 0 Å². The molecule has 156 valence electrons. The predicted octanol–water partition coefficient (Wildman–Crippen LogP) is 3.02. The van der Waals surface area contributed by atoms with Gasteiger partial charge >= 0.3 is 0 Å². The van der Waals surface area contributed by atoms with E-state index in [2.05, 4.69) is 10.1 Å². The summed E-state index contributed by atoms with van der Waals surface area (Å²) in [5, 5.41) is 16.2. The summed E-state index contributed by atoms with van der Waals surface area (Å²) in [7, 11) is 3.41. The Morgan fingerprint density at radius 3 is 2.80 bits per heavy atom. The summed E-state index contributed by atoms with van der Waals surface area (Å²) in [6, 6.07) is 4.68. The van der Waals surface area contributed by atoms with Gasteiger partial charge in [-0.1, -0.05) is 0 Å². The van der Waals surface area contributed by atoms with Crippen molar-refractivity contribution in [1.29, 1.82) is 0 Å². The van der Waals surface area contributed by atoms with Gasteiger partial charge in [0.25, 0.3) is 5.69 Å². The van der Waals surface area contributed by atoms with Crippen molar-refractivity contribution in [2.45, 2.75) is 33.1 Å². The number of ether oxygens (including phenoxy) is 1. The summed E-state index contributed by atoms with van der Waals surface area (Å²) in [5.41, 5.74) is 5.33. The number of hydrogen-bond donors (Lipinski definition) is 0. The second kappa shape index (κ2) is 7.40. The van der Waals surface area contributed by atoms with Crippen LogP contribution in [0.5, 0.6) is 5.88 Å². The van der Waals surface area contributed by atoms with Gasteiger partial charge < -0.3 is 9.64 Å². The molecule has 0 unspecified atom stereocenters. The average Bonchev–Trinajstić information content (AvgIpc) is 3.28. The van der Waals surface area contributed by atoms with Gasteiger partial charge in [-0.15, -0.1) is 5.10 Å². The number of carbonyl (C=O) groups excluding carboxylic acids is 1. The van der Waals surface area contributed by atoms with E-state index in [9.17, 15) is 14.9 Å². The number of aromatic nitrogens is 3. The molecule has 30 heavy (non-hydrogen) atoms. The molecule has 4 rings (SSSR count). The van der Waals surface area contributed by atoms with E-state index < -0.39 is 4.92 Å². The van der Waals surface area contributed by atoms with Gasteiger partial charge in [0.2, 0.25) is 11.8 Å². The first kappa shape index (κ1) is 19.8. The minimum absolute atomic E-state index is 0.000323. The molecule has 1 aromatic carbocycles. The first-order valence-electron chi connectivity index (χ1n) is 9.76. The van der Waals surface area contributed by atoms with Crippen LogP contribution in [-0.4, -0.2) is 39.2 Å². The lowest BCUT2D eigenvalue weighted by atomic mass is 10.00. The molecule has 0 aliphatic carbocycles. The zero-order valence-electron chi connectivity index (χ0n) is 17.4. The Morgan fingerprint density at radius 2 is 2.10 bits per heavy atom. The summed E-state index contributed by atoms with van der Waals surface area (Å²) in [6.45, 7) is 4.49. The Kier molecular flexibility index (Phi) is 4.89. The van der Waals surface area contributed by atoms with E-state index in [0.717, 1.165) is 39.1 Å². The van der Waals surface area contributed by atoms with Crippen LogP contribution in [0, 0.1) is 24.0 Å². The molecule has 0 fully saturated rings. The van der Waals surface area contributed by atoms with E-state index in [1.54, 1.807) is 28.8 Å². The van der Waals surface area contributed by atoms with Crippen molar-refractivity contribution in [3.05, 3.63) is 50.7 Å². The van der Waals surface area contributed by atoms with Crippen LogP contribution in [0.4, 0.5) is 11.4 Å². The zero-order valence-corrected chi connectivity index (χ0v) is 17.4. The van der Waals surface area contributed by atoms with E-state index in [-0.39, 0.29) is 11.6 Å². The molecule has 3 heterocycles. The Bertz CT molecular complexity index is 1180. The van der Waals surface area contributed by atoms with Gasteiger partial charge in [0, 0.05) is 43.5 Å². The van der Waals surface area contributed by atoms with Gasteiger partial charge in [-0.05, 0) is 49.4 Å². The second-order valence-electron chi connectivity index (χ2n) is 7.50. The number of nitro benzene ring substituents is 1. The fourth-order valence-electron chi connectivity index (χ4n) is 4.23. The molecule has 3 aromatic rings. The molecule has 0 radical (unpaired) electrons. The Hall–Kier alpha value is -3.49. The molecule has 0 N–H and O–H groups in total. The highest BCUT2D eigenvalue weighted by atomic mass is 16.6. The van der Waals surface area contributed by atoms with Crippen LogP contribution in [0.15, 0.2) is 18.2 Å². The maximum absolute atomic E-state index is 12.9. The molecule has 1 amide bonds. The minimum Gasteiger partial charge on any atom is -0.479 e. The summed E-state index contributed by atoms with van der Waals surface area (Å²) >= 11 is 0. The number of nitrogens with zero attached hydrogens (tertiary/aromatic N) is 5. The smallest absolute Gasteiger partial charge is 0.269 e. The first-order valence-corrected chi connectivity index (χ1v) is 9.76. The number of non-ortho nitro benzene ring substituents is 1. The average molecular weight is 409 g/mol. The summed E-state index contributed by atoms with van der Waals surface area (Å²) < 4.78 is 7.10. The van der Waals surface area contributed by atoms with Crippen LogP contribution in [0.25, 0.3) is 11.0 Å². The van der Waals surface area contributed by atoms with Crippen molar-refractivity contribution in [2.75, 3.05) is 18.6 Å². The molecule has 1 aliphatic heterocycles. The van der Waals surface area contributed by atoms with Gasteiger partial charge in [0.1, 0.15) is 0 Å². The SMILES string of the molecule is COc1nn(C)c2nc(C)c(CCC(=O)N3CCc4cc([N+](=O)[O-])ccc43)c(C)c12. The highest BCUT2D eigenvalue weighted by molar-refractivity contribution is 5.96. The largest absolute Gasteiger partial charge is 0.479 e. The highest BCUT2D eigenvalue weighted by Crippen LogP contribution is 2.33. The minimum atomic E-state index is -0.411. The topological polar surface area (TPSA) is 103 Å². The lowest BCUT2D eigenvalue weighted by molar-refractivity contribution is -0.384. The van der Waals surface area contributed by atoms with Crippen LogP contribution in [0.1, 0.15) is 28.8 Å². The normalized spacial score (nSPS) is 13.0. The van der Waals surface area contributed by atoms with Gasteiger partial charge in [-0.3, -0.25) is 14.9 Å². The van der Waals surface area contributed by atoms with E-state index in [0.29, 0.717) is 31.7 Å². The molecule has 2 aromatic heterocycles. The van der Waals surface area contributed by atoms with Crippen molar-refractivity contribution in [1.82, 2.24) is 14.8 Å². The number of amides is 1. The zero-order chi connectivity index (χ0) is 21.6. The molecule has 9 heteroatoms. The molecule has 0 bridgehead atoms. The fourth-order valence-corrected chi connectivity index (χ4v) is 4.23. The number of benzene rings is 1. The fraction of sp³-hybridized carbons (Fsp3) is 0.381. The number of carbonyl (C=O) groups is 1. The Balaban J connectivity index is 1.57. The van der Waals surface area contributed by atoms with E-state index in [1.807, 2.05) is 20.9 Å². The summed E-state index contributed by atoms with van der Waals surface area (Å²) in [4.78, 5) is 29.9. The number of nitro groups is 1.